The number of anilines is 1. The Kier molecular flexibility index (Phi) is 11.3. The number of pyridine rings is 2. The molecule has 2 amide bonds. The summed E-state index contributed by atoms with van der Waals surface area (Å²) in [5, 5.41) is 3.16. The molecule has 2 aliphatic heterocycles. The van der Waals surface area contributed by atoms with Crippen LogP contribution in [0, 0.1) is 17.8 Å². The summed E-state index contributed by atoms with van der Waals surface area (Å²) in [5.41, 5.74) is -2.22. The fourth-order valence-corrected chi connectivity index (χ4v) is 8.53. The van der Waals surface area contributed by atoms with E-state index in [1.54, 1.807) is 12.1 Å². The zero-order valence-electron chi connectivity index (χ0n) is 32.4. The first kappa shape index (κ1) is 40.5. The van der Waals surface area contributed by atoms with E-state index in [2.05, 4.69) is 56.8 Å². The number of carbonyl (C=O) groups is 2. The van der Waals surface area contributed by atoms with Gasteiger partial charge in [-0.05, 0) is 131 Å². The number of halogens is 1. The lowest BCUT2D eigenvalue weighted by atomic mass is 9.75. The molecule has 0 bridgehead atoms. The van der Waals surface area contributed by atoms with Gasteiger partial charge in [0.05, 0.1) is 16.8 Å². The van der Waals surface area contributed by atoms with E-state index in [0.717, 1.165) is 32.1 Å². The van der Waals surface area contributed by atoms with Gasteiger partial charge < -0.3 is 19.7 Å². The summed E-state index contributed by atoms with van der Waals surface area (Å²) in [5.74, 6) is -1.45. The van der Waals surface area contributed by atoms with Gasteiger partial charge in [-0.25, -0.2) is 19.5 Å². The normalized spacial score (nSPS) is 21.2. The molecule has 0 radical (unpaired) electrons. The van der Waals surface area contributed by atoms with Crippen LogP contribution in [0.2, 0.25) is 0 Å². The Hall–Kier alpha value is -3.32. The number of nitrogens with one attached hydrogen (secondary N) is 2. The van der Waals surface area contributed by atoms with E-state index in [1.165, 1.54) is 18.2 Å². The van der Waals surface area contributed by atoms with Crippen molar-refractivity contribution in [3.63, 3.8) is 0 Å². The summed E-state index contributed by atoms with van der Waals surface area (Å²) < 4.78 is 55.6. The SMILES string of the molecule is CC(C)(C)OC(=O)N1C[C@@H](CCC(Nc2cccc(S(=O)(=O)NC(=O)c3ccc(C(C)(C)C)nc3F)n2)C2CC(C)(C)OC(C)(C)C2)CC1(C)C. The third kappa shape index (κ3) is 10.6. The first-order valence-corrected chi connectivity index (χ1v) is 19.3. The van der Waals surface area contributed by atoms with Crippen molar-refractivity contribution in [3.8, 4) is 0 Å². The Morgan fingerprint density at radius 2 is 1.61 bits per heavy atom. The third-order valence-corrected chi connectivity index (χ3v) is 10.7. The van der Waals surface area contributed by atoms with E-state index in [-0.39, 0.29) is 45.7 Å². The standard InChI is InChI=1S/C38H58FN5O6S/c1-34(2,3)28-19-17-26(31(39)41-28)32(45)43-51(47,48)30-15-13-14-29(42-30)40-27(25-21-37(9,10)50-38(11,12)22-25)18-16-24-20-36(7,8)44(23-24)33(46)49-35(4,5)6/h13-15,17,19,24-25,27H,16,18,20-23H2,1-12H3,(H,40,42)(H,43,45)/t24-,27?/m0/s1. The second-order valence-corrected chi connectivity index (χ2v) is 19.8. The van der Waals surface area contributed by atoms with Gasteiger partial charge in [0.15, 0.2) is 5.03 Å². The average molecular weight is 732 g/mol. The molecule has 2 saturated heterocycles. The van der Waals surface area contributed by atoms with Crippen LogP contribution in [0.3, 0.4) is 0 Å². The molecule has 284 valence electrons. The van der Waals surface area contributed by atoms with Crippen LogP contribution in [0.25, 0.3) is 0 Å². The predicted molar refractivity (Wildman–Crippen MR) is 196 cm³/mol. The van der Waals surface area contributed by atoms with E-state index >= 15 is 0 Å². The van der Waals surface area contributed by atoms with Crippen LogP contribution in [0.15, 0.2) is 35.4 Å². The molecule has 2 N–H and O–H groups in total. The fraction of sp³-hybridized carbons (Fsp3) is 0.684. The maximum Gasteiger partial charge on any atom is 0.410 e. The number of sulfonamides is 1. The molecule has 2 aromatic rings. The monoisotopic (exact) mass is 731 g/mol. The maximum absolute atomic E-state index is 14.8. The van der Waals surface area contributed by atoms with Gasteiger partial charge in [0.1, 0.15) is 11.4 Å². The molecule has 1 unspecified atom stereocenters. The van der Waals surface area contributed by atoms with Gasteiger partial charge >= 0.3 is 6.09 Å². The Labute approximate surface area is 303 Å². The molecule has 0 spiro atoms. The number of aromatic nitrogens is 2. The molecular formula is C38H58FN5O6S. The summed E-state index contributed by atoms with van der Waals surface area (Å²) in [6.07, 6.45) is 3.62. The van der Waals surface area contributed by atoms with Crippen LogP contribution in [-0.4, -0.2) is 70.2 Å². The number of rotatable bonds is 9. The quantitative estimate of drug-likeness (QED) is 0.250. The average Bonchev–Trinajstić information content (AvgIpc) is 3.26. The van der Waals surface area contributed by atoms with Gasteiger partial charge in [0.25, 0.3) is 15.9 Å². The summed E-state index contributed by atoms with van der Waals surface area (Å²) in [4.78, 5) is 36.2. The molecule has 2 atom stereocenters. The molecule has 0 aliphatic carbocycles. The minimum Gasteiger partial charge on any atom is -0.444 e. The highest BCUT2D eigenvalue weighted by Gasteiger charge is 2.45. The second-order valence-electron chi connectivity index (χ2n) is 18.2. The van der Waals surface area contributed by atoms with Crippen molar-refractivity contribution in [2.45, 2.75) is 154 Å². The van der Waals surface area contributed by atoms with Crippen LogP contribution in [0.5, 0.6) is 0 Å². The highest BCUT2D eigenvalue weighted by Crippen LogP contribution is 2.43. The summed E-state index contributed by atoms with van der Waals surface area (Å²) >= 11 is 0. The van der Waals surface area contributed by atoms with Crippen molar-refractivity contribution in [2.75, 3.05) is 11.9 Å². The van der Waals surface area contributed by atoms with E-state index in [1.807, 2.05) is 51.2 Å². The molecule has 2 aromatic heterocycles. The molecule has 0 saturated carbocycles. The van der Waals surface area contributed by atoms with Crippen LogP contribution in [0.1, 0.15) is 131 Å². The summed E-state index contributed by atoms with van der Waals surface area (Å²) in [7, 11) is -4.46. The van der Waals surface area contributed by atoms with Gasteiger partial charge in [-0.1, -0.05) is 26.8 Å². The van der Waals surface area contributed by atoms with Crippen LogP contribution in [-0.2, 0) is 24.9 Å². The minimum atomic E-state index is -4.46. The van der Waals surface area contributed by atoms with Gasteiger partial charge in [-0.15, -0.1) is 0 Å². The molecule has 0 aromatic carbocycles. The molecule has 11 nitrogen and oxygen atoms in total. The Balaban J connectivity index is 1.55. The van der Waals surface area contributed by atoms with Gasteiger partial charge in [0.2, 0.25) is 5.95 Å². The molecule has 4 rings (SSSR count). The molecular weight excluding hydrogens is 674 g/mol. The van der Waals surface area contributed by atoms with Crippen molar-refractivity contribution >= 4 is 27.8 Å². The number of amides is 2. The molecule has 4 heterocycles. The Bertz CT molecular complexity index is 1700. The number of hydrogen-bond donors (Lipinski definition) is 2. The van der Waals surface area contributed by atoms with Gasteiger partial charge in [-0.3, -0.25) is 4.79 Å². The van der Waals surface area contributed by atoms with E-state index in [4.69, 9.17) is 9.47 Å². The third-order valence-electron chi connectivity index (χ3n) is 9.51. The Morgan fingerprint density at radius 3 is 2.18 bits per heavy atom. The summed E-state index contributed by atoms with van der Waals surface area (Å²) in [6.45, 7) is 24.2. The number of nitrogens with zero attached hydrogens (tertiary/aromatic N) is 3. The number of likely N-dealkylation sites (tertiary alicyclic amines) is 1. The van der Waals surface area contributed by atoms with Crippen molar-refractivity contribution < 1.29 is 31.9 Å². The zero-order chi connectivity index (χ0) is 38.4. The summed E-state index contributed by atoms with van der Waals surface area (Å²) in [6, 6.07) is 7.18. The van der Waals surface area contributed by atoms with Crippen LogP contribution in [0.4, 0.5) is 15.0 Å². The predicted octanol–water partition coefficient (Wildman–Crippen LogP) is 7.61. The second kappa shape index (κ2) is 14.2. The van der Waals surface area contributed by atoms with Crippen molar-refractivity contribution in [1.82, 2.24) is 19.6 Å². The number of carbonyl (C=O) groups excluding carboxylic acids is 2. The highest BCUT2D eigenvalue weighted by molar-refractivity contribution is 7.90. The molecule has 2 aliphatic rings. The molecule has 51 heavy (non-hydrogen) atoms. The van der Waals surface area contributed by atoms with Gasteiger partial charge in [0, 0.05) is 29.2 Å². The zero-order valence-corrected chi connectivity index (χ0v) is 33.3. The topological polar surface area (TPSA) is 140 Å². The van der Waals surface area contributed by atoms with Crippen LogP contribution >= 0.6 is 0 Å². The maximum atomic E-state index is 14.8. The lowest BCUT2D eigenvalue weighted by Gasteiger charge is -2.48. The van der Waals surface area contributed by atoms with Crippen molar-refractivity contribution in [3.05, 3.63) is 47.5 Å². The van der Waals surface area contributed by atoms with E-state index < -0.39 is 38.5 Å². The number of ether oxygens (including phenoxy) is 2. The van der Waals surface area contributed by atoms with Crippen molar-refractivity contribution in [1.29, 1.82) is 0 Å². The fourth-order valence-electron chi connectivity index (χ4n) is 7.60. The van der Waals surface area contributed by atoms with Crippen LogP contribution < -0.4 is 10.0 Å². The highest BCUT2D eigenvalue weighted by atomic mass is 32.2. The largest absolute Gasteiger partial charge is 0.444 e. The smallest absolute Gasteiger partial charge is 0.410 e. The Morgan fingerprint density at radius 1 is 0.980 bits per heavy atom. The number of hydrogen-bond acceptors (Lipinski definition) is 9. The lowest BCUT2D eigenvalue weighted by molar-refractivity contribution is -0.174. The molecule has 13 heteroatoms. The van der Waals surface area contributed by atoms with E-state index in [9.17, 15) is 22.4 Å². The first-order chi connectivity index (χ1) is 23.2. The van der Waals surface area contributed by atoms with Gasteiger partial charge in [-0.2, -0.15) is 12.8 Å². The minimum absolute atomic E-state index is 0.104. The lowest BCUT2D eigenvalue weighted by Crippen LogP contribution is -2.49. The van der Waals surface area contributed by atoms with Crippen molar-refractivity contribution in [2.24, 2.45) is 11.8 Å². The van der Waals surface area contributed by atoms with E-state index in [0.29, 0.717) is 18.1 Å². The first-order valence-electron chi connectivity index (χ1n) is 17.9. The molecule has 2 fully saturated rings.